The monoisotopic (exact) mass is 338 g/mol. The number of nitrogens with zero attached hydrogens (tertiary/aromatic N) is 5. The molecule has 8 nitrogen and oxygen atoms in total. The van der Waals surface area contributed by atoms with Crippen LogP contribution in [0.25, 0.3) is 5.69 Å². The maximum atomic E-state index is 12.6. The Labute approximate surface area is 144 Å². The zero-order valence-corrected chi connectivity index (χ0v) is 13.7. The molecule has 1 saturated carbocycles. The largest absolute Gasteiger partial charge is 0.351 e. The predicted octanol–water partition coefficient (Wildman–Crippen LogP) is 0.931. The van der Waals surface area contributed by atoms with Crippen molar-refractivity contribution in [1.82, 2.24) is 30.4 Å². The first-order valence-corrected chi connectivity index (χ1v) is 8.09. The molecule has 1 amide bonds. The van der Waals surface area contributed by atoms with Gasteiger partial charge in [0.25, 0.3) is 5.91 Å². The lowest BCUT2D eigenvalue weighted by molar-refractivity contribution is -0.0491. The maximum Gasteiger partial charge on any atom is 0.255 e. The minimum atomic E-state index is -1.56. The molecule has 1 fully saturated rings. The second-order valence-electron chi connectivity index (χ2n) is 6.27. The minimum absolute atomic E-state index is 0.390. The Morgan fingerprint density at radius 3 is 2.96 bits per heavy atom. The normalized spacial score (nSPS) is 22.2. The number of likely N-dealkylation sites (N-methyl/N-ethyl adjacent to an activating group) is 1. The van der Waals surface area contributed by atoms with Gasteiger partial charge in [0.1, 0.15) is 0 Å². The standard InChI is InChI=1S/C17H18N6O2/c1-22-10-3-2-9-17(22,25)18-16(24)13-5-4-6-14(11-13)23-15(12-7-8-12)19-20-21-23/h2-6,9-12,25H,7-8H2,1H3,(H,18,24). The predicted molar refractivity (Wildman–Crippen MR) is 89.6 cm³/mol. The zero-order valence-electron chi connectivity index (χ0n) is 13.7. The molecule has 2 aromatic rings. The van der Waals surface area contributed by atoms with Crippen molar-refractivity contribution < 1.29 is 9.90 Å². The fraction of sp³-hybridized carbons (Fsp3) is 0.294. The van der Waals surface area contributed by atoms with Crippen LogP contribution in [0.2, 0.25) is 0 Å². The summed E-state index contributed by atoms with van der Waals surface area (Å²) in [7, 11) is 1.68. The number of aliphatic hydroxyl groups is 1. The number of allylic oxidation sites excluding steroid dienone is 2. The van der Waals surface area contributed by atoms with Gasteiger partial charge in [-0.1, -0.05) is 12.1 Å². The smallest absolute Gasteiger partial charge is 0.255 e. The number of hydrogen-bond acceptors (Lipinski definition) is 6. The van der Waals surface area contributed by atoms with Gasteiger partial charge in [0.05, 0.1) is 5.69 Å². The zero-order chi connectivity index (χ0) is 17.4. The molecule has 128 valence electrons. The first kappa shape index (κ1) is 15.5. The number of amides is 1. The van der Waals surface area contributed by atoms with Gasteiger partial charge in [0, 0.05) is 24.7 Å². The summed E-state index contributed by atoms with van der Waals surface area (Å²) in [6, 6.07) is 7.02. The Balaban J connectivity index is 1.59. The van der Waals surface area contributed by atoms with E-state index in [-0.39, 0.29) is 0 Å². The van der Waals surface area contributed by atoms with E-state index in [1.54, 1.807) is 48.3 Å². The Hall–Kier alpha value is -3.00. The second-order valence-corrected chi connectivity index (χ2v) is 6.27. The quantitative estimate of drug-likeness (QED) is 0.805. The molecule has 2 N–H and O–H groups in total. The highest BCUT2D eigenvalue weighted by atomic mass is 16.3. The number of tetrazole rings is 1. The highest BCUT2D eigenvalue weighted by Crippen LogP contribution is 2.39. The molecule has 4 rings (SSSR count). The van der Waals surface area contributed by atoms with Crippen LogP contribution in [0, 0.1) is 0 Å². The molecule has 2 aliphatic rings. The number of hydrogen-bond donors (Lipinski definition) is 2. The van der Waals surface area contributed by atoms with E-state index in [1.165, 1.54) is 11.0 Å². The molecule has 0 radical (unpaired) electrons. The van der Waals surface area contributed by atoms with Crippen LogP contribution >= 0.6 is 0 Å². The Morgan fingerprint density at radius 1 is 1.36 bits per heavy atom. The Kier molecular flexibility index (Phi) is 3.61. The van der Waals surface area contributed by atoms with Gasteiger partial charge in [-0.25, -0.2) is 0 Å². The molecule has 1 aliphatic heterocycles. The lowest BCUT2D eigenvalue weighted by Gasteiger charge is -2.35. The Morgan fingerprint density at radius 2 is 2.20 bits per heavy atom. The fourth-order valence-corrected chi connectivity index (χ4v) is 2.72. The van der Waals surface area contributed by atoms with Crippen molar-refractivity contribution in [3.63, 3.8) is 0 Å². The van der Waals surface area contributed by atoms with Crippen LogP contribution in [-0.4, -0.2) is 49.0 Å². The molecule has 1 aromatic heterocycles. The third kappa shape index (κ3) is 2.91. The summed E-state index contributed by atoms with van der Waals surface area (Å²) in [5.74, 6) is -0.745. The van der Waals surface area contributed by atoms with Crippen LogP contribution < -0.4 is 5.32 Å². The van der Waals surface area contributed by atoms with Crippen molar-refractivity contribution in [2.24, 2.45) is 0 Å². The molecular weight excluding hydrogens is 320 g/mol. The van der Waals surface area contributed by atoms with Crippen molar-refractivity contribution in [2.45, 2.75) is 24.6 Å². The second kappa shape index (κ2) is 5.82. The summed E-state index contributed by atoms with van der Waals surface area (Å²) in [5, 5.41) is 25.1. The van der Waals surface area contributed by atoms with E-state index in [9.17, 15) is 9.90 Å². The highest BCUT2D eigenvalue weighted by molar-refractivity contribution is 5.95. The number of aromatic nitrogens is 4. The van der Waals surface area contributed by atoms with E-state index in [2.05, 4.69) is 20.8 Å². The topological polar surface area (TPSA) is 96.2 Å². The highest BCUT2D eigenvalue weighted by Gasteiger charge is 2.32. The van der Waals surface area contributed by atoms with Crippen molar-refractivity contribution in [2.75, 3.05) is 7.05 Å². The van der Waals surface area contributed by atoms with Crippen LogP contribution in [0.5, 0.6) is 0 Å². The number of carbonyl (C=O) groups is 1. The Bertz CT molecular complexity index is 870. The molecule has 1 unspecified atom stereocenters. The first-order chi connectivity index (χ1) is 12.1. The number of benzene rings is 1. The lowest BCUT2D eigenvalue weighted by atomic mass is 10.1. The van der Waals surface area contributed by atoms with Gasteiger partial charge in [-0.3, -0.25) is 4.79 Å². The molecule has 2 heterocycles. The average molecular weight is 338 g/mol. The number of nitrogens with one attached hydrogen (secondary N) is 1. The minimum Gasteiger partial charge on any atom is -0.351 e. The van der Waals surface area contributed by atoms with E-state index in [1.807, 2.05) is 6.07 Å². The molecule has 0 bridgehead atoms. The molecular formula is C17H18N6O2. The van der Waals surface area contributed by atoms with E-state index < -0.39 is 11.8 Å². The molecule has 25 heavy (non-hydrogen) atoms. The summed E-state index contributed by atoms with van der Waals surface area (Å²) < 4.78 is 1.67. The van der Waals surface area contributed by atoms with Gasteiger partial charge in [-0.15, -0.1) is 5.10 Å². The summed E-state index contributed by atoms with van der Waals surface area (Å²) >= 11 is 0. The molecule has 1 aliphatic carbocycles. The summed E-state index contributed by atoms with van der Waals surface area (Å²) in [4.78, 5) is 14.1. The number of rotatable bonds is 4. The lowest BCUT2D eigenvalue weighted by Crippen LogP contribution is -2.56. The molecule has 0 spiro atoms. The molecule has 0 saturated heterocycles. The maximum absolute atomic E-state index is 12.6. The van der Waals surface area contributed by atoms with Crippen LogP contribution in [0.15, 0.2) is 48.7 Å². The van der Waals surface area contributed by atoms with Gasteiger partial charge < -0.3 is 15.3 Å². The van der Waals surface area contributed by atoms with Gasteiger partial charge in [-0.2, -0.15) is 4.68 Å². The fourth-order valence-electron chi connectivity index (χ4n) is 2.72. The molecule has 1 atom stereocenters. The van der Waals surface area contributed by atoms with E-state index in [0.29, 0.717) is 11.5 Å². The van der Waals surface area contributed by atoms with Gasteiger partial charge in [-0.05, 0) is 53.6 Å². The summed E-state index contributed by atoms with van der Waals surface area (Å²) in [6.45, 7) is 0. The van der Waals surface area contributed by atoms with Gasteiger partial charge in [0.2, 0.25) is 5.85 Å². The van der Waals surface area contributed by atoms with Crippen molar-refractivity contribution >= 4 is 5.91 Å². The number of carbonyl (C=O) groups excluding carboxylic acids is 1. The van der Waals surface area contributed by atoms with E-state index >= 15 is 0 Å². The van der Waals surface area contributed by atoms with Crippen molar-refractivity contribution in [3.05, 3.63) is 60.1 Å². The first-order valence-electron chi connectivity index (χ1n) is 8.09. The van der Waals surface area contributed by atoms with E-state index in [0.717, 1.165) is 24.4 Å². The van der Waals surface area contributed by atoms with Crippen molar-refractivity contribution in [3.8, 4) is 5.69 Å². The SMILES string of the molecule is CN1C=CC=CC1(O)NC(=O)c1cccc(-n2nnnc2C2CC2)c1. The van der Waals surface area contributed by atoms with Gasteiger partial charge >= 0.3 is 0 Å². The van der Waals surface area contributed by atoms with Gasteiger partial charge in [0.15, 0.2) is 5.82 Å². The van der Waals surface area contributed by atoms with Crippen LogP contribution in [0.3, 0.4) is 0 Å². The summed E-state index contributed by atoms with van der Waals surface area (Å²) in [6.07, 6.45) is 8.82. The van der Waals surface area contributed by atoms with Crippen molar-refractivity contribution in [1.29, 1.82) is 0 Å². The molecule has 8 heteroatoms. The third-order valence-electron chi connectivity index (χ3n) is 4.37. The third-order valence-corrected chi connectivity index (χ3v) is 4.37. The van der Waals surface area contributed by atoms with Crippen LogP contribution in [0.1, 0.15) is 34.9 Å². The van der Waals surface area contributed by atoms with E-state index in [4.69, 9.17) is 0 Å². The summed E-state index contributed by atoms with van der Waals surface area (Å²) in [5.41, 5.74) is 1.14. The molecule has 1 aromatic carbocycles. The van der Waals surface area contributed by atoms with Crippen LogP contribution in [-0.2, 0) is 0 Å². The average Bonchev–Trinajstić information content (AvgIpc) is 3.34. The van der Waals surface area contributed by atoms with Crippen LogP contribution in [0.4, 0.5) is 0 Å².